The molecule has 17 heavy (non-hydrogen) atoms. The van der Waals surface area contributed by atoms with E-state index in [2.05, 4.69) is 0 Å². The van der Waals surface area contributed by atoms with E-state index in [1.807, 2.05) is 0 Å². The van der Waals surface area contributed by atoms with Gasteiger partial charge in [0, 0.05) is 12.0 Å². The molecule has 0 bridgehead atoms. The predicted octanol–water partition coefficient (Wildman–Crippen LogP) is 1.63. The molecule has 3 N–H and O–H groups in total. The highest BCUT2D eigenvalue weighted by atomic mass is 19.4. The summed E-state index contributed by atoms with van der Waals surface area (Å²) in [6, 6.07) is 3.14. The van der Waals surface area contributed by atoms with Crippen LogP contribution in [-0.4, -0.2) is 18.3 Å². The summed E-state index contributed by atoms with van der Waals surface area (Å²) in [6.07, 6.45) is -4.03. The zero-order valence-electron chi connectivity index (χ0n) is 8.92. The lowest BCUT2D eigenvalue weighted by atomic mass is 9.86. The Balaban J connectivity index is 2.47. The number of hydrogen-bond acceptors (Lipinski definition) is 3. The van der Waals surface area contributed by atoms with Crippen molar-refractivity contribution in [3.05, 3.63) is 29.3 Å². The van der Waals surface area contributed by atoms with Crippen LogP contribution >= 0.6 is 0 Å². The third-order valence-electron chi connectivity index (χ3n) is 2.93. The van der Waals surface area contributed by atoms with Gasteiger partial charge in [-0.3, -0.25) is 0 Å². The molecule has 6 heteroatoms. The molecule has 0 aromatic heterocycles. The lowest BCUT2D eigenvalue weighted by Gasteiger charge is -2.34. The predicted molar refractivity (Wildman–Crippen MR) is 54.5 cm³/mol. The first-order valence-corrected chi connectivity index (χ1v) is 5.11. The molecule has 0 saturated heterocycles. The van der Waals surface area contributed by atoms with Gasteiger partial charge < -0.3 is 15.6 Å². The van der Waals surface area contributed by atoms with Gasteiger partial charge in [0.2, 0.25) is 0 Å². The maximum Gasteiger partial charge on any atom is 0.416 e. The highest BCUT2D eigenvalue weighted by molar-refractivity contribution is 5.44. The van der Waals surface area contributed by atoms with Gasteiger partial charge in [0.05, 0.1) is 24.3 Å². The SMILES string of the molecule is NC1(CO)CCOc2cc(C(F)(F)F)ccc21. The summed E-state index contributed by atoms with van der Waals surface area (Å²) in [4.78, 5) is 0. The minimum atomic E-state index is -4.41. The topological polar surface area (TPSA) is 55.5 Å². The van der Waals surface area contributed by atoms with Crippen molar-refractivity contribution in [2.45, 2.75) is 18.1 Å². The van der Waals surface area contributed by atoms with Crippen molar-refractivity contribution in [2.75, 3.05) is 13.2 Å². The first-order chi connectivity index (χ1) is 7.87. The highest BCUT2D eigenvalue weighted by Crippen LogP contribution is 2.39. The number of alkyl halides is 3. The van der Waals surface area contributed by atoms with Crippen molar-refractivity contribution >= 4 is 0 Å². The second-order valence-electron chi connectivity index (χ2n) is 4.12. The number of rotatable bonds is 1. The summed E-state index contributed by atoms with van der Waals surface area (Å²) < 4.78 is 42.7. The van der Waals surface area contributed by atoms with Crippen LogP contribution in [0.4, 0.5) is 13.2 Å². The van der Waals surface area contributed by atoms with Gasteiger partial charge in [-0.2, -0.15) is 13.2 Å². The number of benzene rings is 1. The number of ether oxygens (including phenoxy) is 1. The number of nitrogens with two attached hydrogens (primary N) is 1. The van der Waals surface area contributed by atoms with Crippen LogP contribution in [0.3, 0.4) is 0 Å². The molecule has 1 aromatic carbocycles. The summed E-state index contributed by atoms with van der Waals surface area (Å²) in [5, 5.41) is 9.22. The molecule has 1 aliphatic heterocycles. The van der Waals surface area contributed by atoms with Gasteiger partial charge in [-0.1, -0.05) is 6.07 Å². The van der Waals surface area contributed by atoms with Gasteiger partial charge in [-0.15, -0.1) is 0 Å². The highest BCUT2D eigenvalue weighted by Gasteiger charge is 2.37. The minimum absolute atomic E-state index is 0.0997. The molecule has 0 aliphatic carbocycles. The fraction of sp³-hybridized carbons (Fsp3) is 0.455. The van der Waals surface area contributed by atoms with Gasteiger partial charge >= 0.3 is 6.18 Å². The minimum Gasteiger partial charge on any atom is -0.493 e. The molecule has 1 heterocycles. The van der Waals surface area contributed by atoms with Crippen LogP contribution < -0.4 is 10.5 Å². The van der Waals surface area contributed by atoms with E-state index < -0.39 is 17.3 Å². The third-order valence-corrected chi connectivity index (χ3v) is 2.93. The molecule has 1 unspecified atom stereocenters. The Bertz CT molecular complexity index is 433. The van der Waals surface area contributed by atoms with Crippen LogP contribution in [0, 0.1) is 0 Å². The smallest absolute Gasteiger partial charge is 0.416 e. The first kappa shape index (κ1) is 12.2. The second-order valence-corrected chi connectivity index (χ2v) is 4.12. The Morgan fingerprint density at radius 2 is 2.12 bits per heavy atom. The lowest BCUT2D eigenvalue weighted by Crippen LogP contribution is -2.44. The van der Waals surface area contributed by atoms with Gasteiger partial charge in [-0.25, -0.2) is 0 Å². The monoisotopic (exact) mass is 247 g/mol. The molecule has 1 atom stereocenters. The second kappa shape index (κ2) is 3.89. The Morgan fingerprint density at radius 1 is 1.41 bits per heavy atom. The van der Waals surface area contributed by atoms with E-state index in [1.54, 1.807) is 0 Å². The standard InChI is InChI=1S/C11H12F3NO2/c12-11(13,14)7-1-2-8-9(5-7)17-4-3-10(8,15)6-16/h1-2,5,16H,3-4,6,15H2. The Hall–Kier alpha value is -1.27. The zero-order valence-corrected chi connectivity index (χ0v) is 8.92. The van der Waals surface area contributed by atoms with E-state index in [1.165, 1.54) is 6.07 Å². The fourth-order valence-electron chi connectivity index (χ4n) is 1.87. The average Bonchev–Trinajstić information content (AvgIpc) is 2.28. The molecule has 0 radical (unpaired) electrons. The van der Waals surface area contributed by atoms with Gasteiger partial charge in [-0.05, 0) is 12.1 Å². The van der Waals surface area contributed by atoms with Gasteiger partial charge in [0.25, 0.3) is 0 Å². The van der Waals surface area contributed by atoms with E-state index in [9.17, 15) is 18.3 Å². The quantitative estimate of drug-likeness (QED) is 0.793. The summed E-state index contributed by atoms with van der Waals surface area (Å²) in [5.74, 6) is 0.0997. The number of hydrogen-bond donors (Lipinski definition) is 2. The zero-order chi connectivity index (χ0) is 12.7. The summed E-state index contributed by atoms with van der Waals surface area (Å²) in [5.41, 5.74) is 4.54. The first-order valence-electron chi connectivity index (χ1n) is 5.11. The normalized spacial score (nSPS) is 24.1. The maximum atomic E-state index is 12.5. The van der Waals surface area contributed by atoms with Gasteiger partial charge in [0.15, 0.2) is 0 Å². The molecule has 0 spiro atoms. The van der Waals surface area contributed by atoms with Crippen molar-refractivity contribution in [3.8, 4) is 5.75 Å². The molecule has 94 valence electrons. The van der Waals surface area contributed by atoms with Crippen molar-refractivity contribution in [2.24, 2.45) is 5.73 Å². The summed E-state index contributed by atoms with van der Waals surface area (Å²) in [7, 11) is 0. The largest absolute Gasteiger partial charge is 0.493 e. The number of fused-ring (bicyclic) bond motifs is 1. The van der Waals surface area contributed by atoms with Crippen LogP contribution in [0.5, 0.6) is 5.75 Å². The Labute approximate surface area is 96.0 Å². The third kappa shape index (κ3) is 2.10. The number of aliphatic hydroxyl groups is 1. The van der Waals surface area contributed by atoms with Crippen molar-refractivity contribution < 1.29 is 23.0 Å². The van der Waals surface area contributed by atoms with Crippen LogP contribution in [0.2, 0.25) is 0 Å². The fourth-order valence-corrected chi connectivity index (χ4v) is 1.87. The molecule has 3 nitrogen and oxygen atoms in total. The average molecular weight is 247 g/mol. The molecule has 0 amide bonds. The van der Waals surface area contributed by atoms with Crippen molar-refractivity contribution in [1.29, 1.82) is 0 Å². The Kier molecular flexibility index (Phi) is 2.79. The van der Waals surface area contributed by atoms with Crippen molar-refractivity contribution in [1.82, 2.24) is 0 Å². The van der Waals surface area contributed by atoms with E-state index >= 15 is 0 Å². The van der Waals surface area contributed by atoms with Crippen LogP contribution in [0.15, 0.2) is 18.2 Å². The van der Waals surface area contributed by atoms with E-state index in [4.69, 9.17) is 10.5 Å². The van der Waals surface area contributed by atoms with E-state index in [0.717, 1.165) is 12.1 Å². The maximum absolute atomic E-state index is 12.5. The molecule has 1 aromatic rings. The molecule has 1 aliphatic rings. The molecule has 0 saturated carbocycles. The van der Waals surface area contributed by atoms with Crippen LogP contribution in [0.1, 0.15) is 17.5 Å². The summed E-state index contributed by atoms with van der Waals surface area (Å²) in [6.45, 7) is -0.125. The lowest BCUT2D eigenvalue weighted by molar-refractivity contribution is -0.137. The summed E-state index contributed by atoms with van der Waals surface area (Å²) >= 11 is 0. The molecular weight excluding hydrogens is 235 g/mol. The molecule has 2 rings (SSSR count). The number of halogens is 3. The van der Waals surface area contributed by atoms with Crippen LogP contribution in [-0.2, 0) is 11.7 Å². The van der Waals surface area contributed by atoms with Gasteiger partial charge in [0.1, 0.15) is 5.75 Å². The molecular formula is C11H12F3NO2. The van der Waals surface area contributed by atoms with Crippen molar-refractivity contribution in [3.63, 3.8) is 0 Å². The Morgan fingerprint density at radius 3 is 2.71 bits per heavy atom. The number of aliphatic hydroxyl groups excluding tert-OH is 1. The van der Waals surface area contributed by atoms with Crippen LogP contribution in [0.25, 0.3) is 0 Å². The van der Waals surface area contributed by atoms with E-state index in [0.29, 0.717) is 12.0 Å². The molecule has 0 fully saturated rings. The van der Waals surface area contributed by atoms with E-state index in [-0.39, 0.29) is 19.0 Å².